The van der Waals surface area contributed by atoms with Crippen LogP contribution in [-0.4, -0.2) is 25.7 Å². The molecule has 1 aromatic carbocycles. The van der Waals surface area contributed by atoms with Gasteiger partial charge >= 0.3 is 15.2 Å². The van der Waals surface area contributed by atoms with Crippen molar-refractivity contribution in [3.05, 3.63) is 29.8 Å². The first-order valence-electron chi connectivity index (χ1n) is 4.65. The first-order valence-corrected chi connectivity index (χ1v) is 8.51. The Morgan fingerprint density at radius 1 is 1.17 bits per heavy atom. The highest BCUT2D eigenvalue weighted by Gasteiger charge is 2.50. The monoisotopic (exact) mass is 313 g/mol. The van der Waals surface area contributed by atoms with Crippen molar-refractivity contribution in [3.63, 3.8) is 0 Å². The largest absolute Gasteiger partial charge is 0.398 e. The van der Waals surface area contributed by atoms with E-state index in [1.807, 2.05) is 0 Å². The highest BCUT2D eigenvalue weighted by Crippen LogP contribution is 2.65. The second-order valence-corrected chi connectivity index (χ2v) is 8.38. The molecule has 0 heterocycles. The molecule has 1 aromatic rings. The minimum atomic E-state index is -4.94. The van der Waals surface area contributed by atoms with Crippen LogP contribution < -0.4 is 5.73 Å². The van der Waals surface area contributed by atoms with Crippen molar-refractivity contribution in [2.75, 3.05) is 11.9 Å². The fourth-order valence-electron chi connectivity index (χ4n) is 1.48. The Labute approximate surface area is 109 Å². The van der Waals surface area contributed by atoms with E-state index >= 15 is 0 Å². The molecule has 7 nitrogen and oxygen atoms in total. The van der Waals surface area contributed by atoms with E-state index in [0.29, 0.717) is 0 Å². The molecule has 0 saturated carbocycles. The van der Waals surface area contributed by atoms with Gasteiger partial charge in [-0.2, -0.15) is 12.6 Å². The third-order valence-electron chi connectivity index (χ3n) is 2.30. The van der Waals surface area contributed by atoms with Crippen LogP contribution in [0.1, 0.15) is 5.56 Å². The van der Waals surface area contributed by atoms with Crippen LogP contribution in [0.2, 0.25) is 0 Å². The summed E-state index contributed by atoms with van der Waals surface area (Å²) in [5, 5.41) is 0. The molecule has 0 amide bonds. The van der Waals surface area contributed by atoms with Crippen molar-refractivity contribution in [1.82, 2.24) is 0 Å². The third-order valence-corrected chi connectivity index (χ3v) is 6.23. The molecule has 6 N–H and O–H groups in total. The molecule has 0 aliphatic rings. The predicted octanol–water partition coefficient (Wildman–Crippen LogP) is 0.707. The summed E-state index contributed by atoms with van der Waals surface area (Å²) in [6.07, 6.45) is -1.11. The van der Waals surface area contributed by atoms with E-state index in [0.717, 1.165) is 0 Å². The lowest BCUT2D eigenvalue weighted by atomic mass is 10.1. The summed E-state index contributed by atoms with van der Waals surface area (Å²) in [6, 6.07) is 5.63. The molecule has 0 fully saturated rings. The molecule has 0 saturated heterocycles. The number of rotatable bonds is 4. The smallest absolute Gasteiger partial charge is 0.346 e. The van der Waals surface area contributed by atoms with Gasteiger partial charge in [0.25, 0.3) is 0 Å². The lowest BCUT2D eigenvalue weighted by Gasteiger charge is -2.30. The minimum Gasteiger partial charge on any atom is -0.398 e. The number of benzene rings is 1. The summed E-state index contributed by atoms with van der Waals surface area (Å²) in [6.45, 7) is 0. The molecule has 0 aromatic heterocycles. The third kappa shape index (κ3) is 3.36. The van der Waals surface area contributed by atoms with Gasteiger partial charge in [-0.15, -0.1) is 0 Å². The molecular formula is C8H13NO6P2S. The number of hydrogen-bond acceptors (Lipinski definition) is 4. The number of para-hydroxylation sites is 1. The van der Waals surface area contributed by atoms with Gasteiger partial charge in [0.2, 0.25) is 0 Å². The molecule has 1 unspecified atom stereocenters. The highest BCUT2D eigenvalue weighted by molar-refractivity contribution is 7.90. The van der Waals surface area contributed by atoms with E-state index in [9.17, 15) is 18.9 Å². The highest BCUT2D eigenvalue weighted by atomic mass is 32.1. The zero-order valence-corrected chi connectivity index (χ0v) is 11.7. The Morgan fingerprint density at radius 3 is 2.06 bits per heavy atom. The Hall–Kier alpha value is -0.330. The van der Waals surface area contributed by atoms with E-state index in [2.05, 4.69) is 12.6 Å². The normalized spacial score (nSPS) is 16.3. The fourth-order valence-corrected chi connectivity index (χ4v) is 4.79. The Balaban J connectivity index is 3.45. The quantitative estimate of drug-likeness (QED) is 0.273. The maximum Gasteiger partial charge on any atom is 0.346 e. The van der Waals surface area contributed by atoms with Crippen molar-refractivity contribution in [1.29, 1.82) is 0 Å². The van der Waals surface area contributed by atoms with Crippen molar-refractivity contribution in [2.45, 2.75) is 4.49 Å². The molecule has 0 bridgehead atoms. The lowest BCUT2D eigenvalue weighted by Crippen LogP contribution is -2.25. The molecule has 0 radical (unpaired) electrons. The lowest BCUT2D eigenvalue weighted by molar-refractivity contribution is 0.341. The Morgan fingerprint density at radius 2 is 1.67 bits per heavy atom. The molecule has 102 valence electrons. The molecule has 0 aliphatic heterocycles. The summed E-state index contributed by atoms with van der Waals surface area (Å²) in [4.78, 5) is 36.5. The molecule has 10 heteroatoms. The first-order chi connectivity index (χ1) is 7.97. The summed E-state index contributed by atoms with van der Waals surface area (Å²) in [5.41, 5.74) is 5.47. The van der Waals surface area contributed by atoms with Crippen molar-refractivity contribution in [3.8, 4) is 0 Å². The maximum absolute atomic E-state index is 11.5. The van der Waals surface area contributed by atoms with E-state index < -0.39 is 25.8 Å². The van der Waals surface area contributed by atoms with Gasteiger partial charge in [-0.05, 0) is 6.07 Å². The van der Waals surface area contributed by atoms with Gasteiger partial charge in [0, 0.05) is 11.3 Å². The topological polar surface area (TPSA) is 141 Å². The van der Waals surface area contributed by atoms with E-state index in [1.54, 1.807) is 0 Å². The fraction of sp³-hybridized carbons (Fsp3) is 0.250. The van der Waals surface area contributed by atoms with Gasteiger partial charge in [0.15, 0.2) is 4.49 Å². The second kappa shape index (κ2) is 4.98. The SMILES string of the molecule is Nc1ccccc1C(S)(CP(=O)(O)O)P(=O)(O)O. The van der Waals surface area contributed by atoms with Crippen LogP contribution in [-0.2, 0) is 13.6 Å². The van der Waals surface area contributed by atoms with Gasteiger partial charge in [-0.25, -0.2) is 0 Å². The van der Waals surface area contributed by atoms with Crippen molar-refractivity contribution >= 4 is 33.5 Å². The van der Waals surface area contributed by atoms with Gasteiger partial charge in [-0.1, -0.05) is 18.2 Å². The zero-order chi connectivity index (χ0) is 14.2. The number of nitrogen functional groups attached to an aromatic ring is 1. The molecule has 0 aliphatic carbocycles. The van der Waals surface area contributed by atoms with Crippen LogP contribution in [0.5, 0.6) is 0 Å². The number of hydrogen-bond donors (Lipinski definition) is 6. The average molecular weight is 313 g/mol. The number of anilines is 1. The Bertz CT molecular complexity index is 540. The summed E-state index contributed by atoms with van der Waals surface area (Å²) >= 11 is 3.82. The number of thiol groups is 1. The van der Waals surface area contributed by atoms with Gasteiger partial charge in [-0.3, -0.25) is 9.13 Å². The zero-order valence-electron chi connectivity index (χ0n) is 9.04. The maximum atomic E-state index is 11.5. The number of nitrogens with two attached hydrogens (primary N) is 1. The van der Waals surface area contributed by atoms with Gasteiger partial charge in [0.05, 0.1) is 6.16 Å². The Kier molecular flexibility index (Phi) is 4.35. The molecule has 1 rings (SSSR count). The standard InChI is InChI=1S/C8H13NO6P2S/c9-7-4-2-1-3-6(7)8(18,17(13,14)15)5-16(10,11)12/h1-4,18H,5,9H2,(H2,10,11,12)(H2,13,14,15). The molecule has 0 spiro atoms. The van der Waals surface area contributed by atoms with Crippen LogP contribution in [0.3, 0.4) is 0 Å². The molecule has 1 atom stereocenters. The second-order valence-electron chi connectivity index (χ2n) is 3.77. The minimum absolute atomic E-state index is 0.00396. The molecule has 18 heavy (non-hydrogen) atoms. The average Bonchev–Trinajstić information content (AvgIpc) is 2.13. The van der Waals surface area contributed by atoms with Crippen LogP contribution in [0.15, 0.2) is 24.3 Å². The van der Waals surface area contributed by atoms with Crippen molar-refractivity contribution in [2.24, 2.45) is 0 Å². The van der Waals surface area contributed by atoms with Crippen LogP contribution in [0.4, 0.5) is 5.69 Å². The summed E-state index contributed by atoms with van der Waals surface area (Å²) < 4.78 is 20.2. The van der Waals surface area contributed by atoms with E-state index in [-0.39, 0.29) is 11.3 Å². The summed E-state index contributed by atoms with van der Waals surface area (Å²) in [7, 11) is -9.63. The van der Waals surface area contributed by atoms with E-state index in [1.165, 1.54) is 24.3 Å². The predicted molar refractivity (Wildman–Crippen MR) is 70.5 cm³/mol. The first kappa shape index (κ1) is 15.7. The van der Waals surface area contributed by atoms with Crippen LogP contribution in [0, 0.1) is 0 Å². The van der Waals surface area contributed by atoms with Crippen molar-refractivity contribution < 1.29 is 28.7 Å². The van der Waals surface area contributed by atoms with Gasteiger partial charge in [0.1, 0.15) is 0 Å². The van der Waals surface area contributed by atoms with Gasteiger partial charge < -0.3 is 25.3 Å². The summed E-state index contributed by atoms with van der Waals surface area (Å²) in [5.74, 6) is 0. The van der Waals surface area contributed by atoms with E-state index in [4.69, 9.17) is 15.5 Å². The van der Waals surface area contributed by atoms with Crippen LogP contribution in [0.25, 0.3) is 0 Å². The molecular weight excluding hydrogens is 300 g/mol. The van der Waals surface area contributed by atoms with Crippen LogP contribution >= 0.6 is 27.8 Å².